The summed E-state index contributed by atoms with van der Waals surface area (Å²) in [7, 11) is 1.84. The van der Waals surface area contributed by atoms with Crippen molar-refractivity contribution in [2.45, 2.75) is 46.9 Å². The lowest BCUT2D eigenvalue weighted by Gasteiger charge is -2.35. The molecule has 0 spiro atoms. The number of nitrogens with zero attached hydrogens (tertiary/aromatic N) is 4. The average Bonchev–Trinajstić information content (AvgIpc) is 3.09. The molecule has 0 bridgehead atoms. The molecule has 1 aromatic carbocycles. The van der Waals surface area contributed by atoms with Crippen molar-refractivity contribution in [2.24, 2.45) is 10.9 Å². The van der Waals surface area contributed by atoms with Crippen LogP contribution in [0.15, 0.2) is 35.6 Å². The molecule has 0 radical (unpaired) electrons. The third-order valence-electron chi connectivity index (χ3n) is 5.12. The molecule has 1 atom stereocenters. The highest BCUT2D eigenvalue weighted by Gasteiger charge is 2.25. The largest absolute Gasteiger partial charge is 0.370 e. The van der Waals surface area contributed by atoms with Crippen LogP contribution in [-0.2, 0) is 17.8 Å². The van der Waals surface area contributed by atoms with E-state index in [4.69, 9.17) is 4.74 Å². The zero-order valence-electron chi connectivity index (χ0n) is 17.8. The maximum absolute atomic E-state index is 6.08. The van der Waals surface area contributed by atoms with E-state index in [1.807, 2.05) is 19.4 Å². The van der Waals surface area contributed by atoms with Crippen molar-refractivity contribution in [2.75, 3.05) is 26.7 Å². The minimum absolute atomic E-state index is 0.0656. The molecule has 1 unspecified atom stereocenters. The first kappa shape index (κ1) is 20.4. The van der Waals surface area contributed by atoms with E-state index in [-0.39, 0.29) is 6.10 Å². The number of ether oxygens (including phenoxy) is 1. The van der Waals surface area contributed by atoms with Crippen LogP contribution < -0.4 is 5.32 Å². The Morgan fingerprint density at radius 2 is 2.18 bits per heavy atom. The zero-order valence-corrected chi connectivity index (χ0v) is 17.8. The number of benzene rings is 1. The molecular weight excluding hydrogens is 350 g/mol. The monoisotopic (exact) mass is 383 g/mol. The van der Waals surface area contributed by atoms with Gasteiger partial charge in [0.15, 0.2) is 5.96 Å². The molecule has 28 heavy (non-hydrogen) atoms. The number of morpholine rings is 1. The summed E-state index contributed by atoms with van der Waals surface area (Å²) in [4.78, 5) is 11.3. The van der Waals surface area contributed by atoms with Crippen LogP contribution in [0.3, 0.4) is 0 Å². The lowest BCUT2D eigenvalue weighted by molar-refractivity contribution is -0.00836. The molecular formula is C22H33N5O. The topological polar surface area (TPSA) is 54.7 Å². The minimum Gasteiger partial charge on any atom is -0.370 e. The van der Waals surface area contributed by atoms with Crippen LogP contribution in [0, 0.1) is 19.8 Å². The van der Waals surface area contributed by atoms with Gasteiger partial charge in [-0.2, -0.15) is 0 Å². The van der Waals surface area contributed by atoms with Gasteiger partial charge in [0.1, 0.15) is 11.9 Å². The van der Waals surface area contributed by atoms with Crippen LogP contribution in [0.2, 0.25) is 0 Å². The normalized spacial score (nSPS) is 18.0. The van der Waals surface area contributed by atoms with Gasteiger partial charge in [-0.25, -0.2) is 4.98 Å². The number of rotatable bonds is 5. The minimum atomic E-state index is 0.0656. The molecule has 1 aliphatic rings. The van der Waals surface area contributed by atoms with Crippen molar-refractivity contribution < 1.29 is 4.74 Å². The van der Waals surface area contributed by atoms with Crippen LogP contribution >= 0.6 is 0 Å². The molecule has 1 fully saturated rings. The van der Waals surface area contributed by atoms with Gasteiger partial charge in [0.25, 0.3) is 0 Å². The average molecular weight is 384 g/mol. The summed E-state index contributed by atoms with van der Waals surface area (Å²) in [6, 6.07) is 6.57. The van der Waals surface area contributed by atoms with Gasteiger partial charge in [-0.3, -0.25) is 4.99 Å². The number of aliphatic imine (C=N–C) groups is 1. The van der Waals surface area contributed by atoms with Crippen molar-refractivity contribution in [3.8, 4) is 0 Å². The summed E-state index contributed by atoms with van der Waals surface area (Å²) < 4.78 is 8.29. The number of guanidine groups is 1. The van der Waals surface area contributed by atoms with Crippen LogP contribution in [0.5, 0.6) is 0 Å². The van der Waals surface area contributed by atoms with E-state index in [9.17, 15) is 0 Å². The Balaban J connectivity index is 1.65. The molecule has 3 rings (SSSR count). The predicted octanol–water partition coefficient (Wildman–Crippen LogP) is 3.30. The molecule has 2 heterocycles. The summed E-state index contributed by atoms with van der Waals surface area (Å²) >= 11 is 0. The number of aryl methyl sites for hydroxylation is 2. The van der Waals surface area contributed by atoms with Crippen molar-refractivity contribution in [3.05, 3.63) is 53.1 Å². The standard InChI is InChI=1S/C22H33N5O/c1-16(2)14-26-9-8-24-21(26)13-25-22(23-5)27-10-11-28-20(15-27)19-7-6-17(3)12-18(19)4/h6-9,12,16,20H,10-11,13-15H2,1-5H3,(H,23,25). The summed E-state index contributed by atoms with van der Waals surface area (Å²) in [6.07, 6.45) is 3.98. The van der Waals surface area contributed by atoms with E-state index in [2.05, 4.69) is 70.7 Å². The first-order chi connectivity index (χ1) is 13.5. The number of imidazole rings is 1. The van der Waals surface area contributed by atoms with Gasteiger partial charge >= 0.3 is 0 Å². The van der Waals surface area contributed by atoms with Crippen LogP contribution in [0.1, 0.15) is 42.5 Å². The van der Waals surface area contributed by atoms with Gasteiger partial charge in [-0.05, 0) is 30.9 Å². The molecule has 6 heteroatoms. The van der Waals surface area contributed by atoms with E-state index in [0.717, 1.165) is 31.4 Å². The van der Waals surface area contributed by atoms with E-state index in [1.54, 1.807) is 0 Å². The maximum Gasteiger partial charge on any atom is 0.194 e. The third kappa shape index (κ3) is 4.93. The fourth-order valence-electron chi connectivity index (χ4n) is 3.77. The highest BCUT2D eigenvalue weighted by molar-refractivity contribution is 5.80. The SMILES string of the molecule is CN=C(NCc1nccn1CC(C)C)N1CCOC(c2ccc(C)cc2C)C1. The van der Waals surface area contributed by atoms with Gasteiger partial charge < -0.3 is 19.5 Å². The Hall–Kier alpha value is -2.34. The molecule has 2 aromatic rings. The quantitative estimate of drug-likeness (QED) is 0.636. The predicted molar refractivity (Wildman–Crippen MR) is 113 cm³/mol. The zero-order chi connectivity index (χ0) is 20.1. The Labute approximate surface area is 168 Å². The van der Waals surface area contributed by atoms with E-state index in [1.165, 1.54) is 16.7 Å². The van der Waals surface area contributed by atoms with Crippen molar-refractivity contribution in [3.63, 3.8) is 0 Å². The van der Waals surface area contributed by atoms with E-state index < -0.39 is 0 Å². The van der Waals surface area contributed by atoms with Crippen LogP contribution in [0.4, 0.5) is 0 Å². The molecule has 0 saturated carbocycles. The van der Waals surface area contributed by atoms with E-state index in [0.29, 0.717) is 19.1 Å². The van der Waals surface area contributed by atoms with Gasteiger partial charge in [0, 0.05) is 32.5 Å². The maximum atomic E-state index is 6.08. The Kier molecular flexibility index (Phi) is 6.73. The van der Waals surface area contributed by atoms with Gasteiger partial charge in [-0.15, -0.1) is 0 Å². The Morgan fingerprint density at radius 1 is 1.36 bits per heavy atom. The second-order valence-electron chi connectivity index (χ2n) is 7.96. The molecule has 1 aromatic heterocycles. The summed E-state index contributed by atoms with van der Waals surface area (Å²) in [5.41, 5.74) is 3.83. The molecule has 0 amide bonds. The number of hydrogen-bond acceptors (Lipinski definition) is 3. The lowest BCUT2D eigenvalue weighted by Crippen LogP contribution is -2.48. The molecule has 1 N–H and O–H groups in total. The first-order valence-electron chi connectivity index (χ1n) is 10.1. The first-order valence-corrected chi connectivity index (χ1v) is 10.1. The Morgan fingerprint density at radius 3 is 2.89 bits per heavy atom. The number of hydrogen-bond donors (Lipinski definition) is 1. The van der Waals surface area contributed by atoms with Crippen LogP contribution in [0.25, 0.3) is 0 Å². The van der Waals surface area contributed by atoms with Crippen molar-refractivity contribution in [1.82, 2.24) is 19.8 Å². The fraction of sp³-hybridized carbons (Fsp3) is 0.545. The van der Waals surface area contributed by atoms with Gasteiger partial charge in [0.05, 0.1) is 19.7 Å². The summed E-state index contributed by atoms with van der Waals surface area (Å²) in [5, 5.41) is 3.49. The fourth-order valence-corrected chi connectivity index (χ4v) is 3.77. The number of aromatic nitrogens is 2. The highest BCUT2D eigenvalue weighted by Crippen LogP contribution is 2.26. The van der Waals surface area contributed by atoms with Crippen LogP contribution in [-0.4, -0.2) is 47.2 Å². The summed E-state index contributed by atoms with van der Waals surface area (Å²) in [5.74, 6) is 2.52. The van der Waals surface area contributed by atoms with Gasteiger partial charge in [0.2, 0.25) is 0 Å². The molecule has 0 aliphatic carbocycles. The van der Waals surface area contributed by atoms with E-state index >= 15 is 0 Å². The molecule has 1 aliphatic heterocycles. The molecule has 6 nitrogen and oxygen atoms in total. The second-order valence-corrected chi connectivity index (χ2v) is 7.96. The second kappa shape index (κ2) is 9.24. The third-order valence-corrected chi connectivity index (χ3v) is 5.12. The smallest absolute Gasteiger partial charge is 0.194 e. The lowest BCUT2D eigenvalue weighted by atomic mass is 10.00. The molecule has 1 saturated heterocycles. The van der Waals surface area contributed by atoms with Gasteiger partial charge in [-0.1, -0.05) is 37.6 Å². The Bertz CT molecular complexity index is 811. The number of nitrogens with one attached hydrogen (secondary N) is 1. The molecule has 152 valence electrons. The highest BCUT2D eigenvalue weighted by atomic mass is 16.5. The van der Waals surface area contributed by atoms with Crippen molar-refractivity contribution >= 4 is 5.96 Å². The van der Waals surface area contributed by atoms with Crippen molar-refractivity contribution in [1.29, 1.82) is 0 Å². The summed E-state index contributed by atoms with van der Waals surface area (Å²) in [6.45, 7) is 12.7.